The van der Waals surface area contributed by atoms with E-state index in [2.05, 4.69) is 22.0 Å². The molecule has 1 fully saturated rings. The van der Waals surface area contributed by atoms with Crippen LogP contribution in [-0.4, -0.2) is 21.7 Å². The molecule has 2 heterocycles. The lowest BCUT2D eigenvalue weighted by molar-refractivity contribution is 0.485. The van der Waals surface area contributed by atoms with Crippen LogP contribution in [0.4, 0.5) is 5.13 Å². The molecule has 3 nitrogen and oxygen atoms in total. The second-order valence-corrected chi connectivity index (χ2v) is 5.61. The summed E-state index contributed by atoms with van der Waals surface area (Å²) in [6.45, 7) is 0. The van der Waals surface area contributed by atoms with Gasteiger partial charge in [0.15, 0.2) is 0 Å². The summed E-state index contributed by atoms with van der Waals surface area (Å²) >= 11 is 3.59. The van der Waals surface area contributed by atoms with Gasteiger partial charge in [-0.15, -0.1) is 10.2 Å². The van der Waals surface area contributed by atoms with Crippen LogP contribution in [0, 0.1) is 5.92 Å². The third-order valence-corrected chi connectivity index (χ3v) is 4.11. The van der Waals surface area contributed by atoms with Gasteiger partial charge in [0.05, 0.1) is 0 Å². The summed E-state index contributed by atoms with van der Waals surface area (Å²) in [6, 6.07) is 0. The monoisotopic (exact) mass is 215 g/mol. The summed E-state index contributed by atoms with van der Waals surface area (Å²) < 4.78 is 0. The van der Waals surface area contributed by atoms with Gasteiger partial charge in [0.25, 0.3) is 0 Å². The molecule has 0 radical (unpaired) electrons. The third kappa shape index (κ3) is 2.57. The zero-order chi connectivity index (χ0) is 9.10. The van der Waals surface area contributed by atoms with E-state index >= 15 is 0 Å². The fourth-order valence-corrected chi connectivity index (χ4v) is 3.47. The van der Waals surface area contributed by atoms with Gasteiger partial charge in [-0.2, -0.15) is 11.8 Å². The maximum absolute atomic E-state index is 5.52. The lowest BCUT2D eigenvalue weighted by atomic mass is 9.99. The molecule has 1 aliphatic rings. The highest BCUT2D eigenvalue weighted by Gasteiger charge is 2.15. The average Bonchev–Trinajstić information content (AvgIpc) is 2.53. The van der Waals surface area contributed by atoms with Crippen molar-refractivity contribution in [2.75, 3.05) is 17.2 Å². The zero-order valence-electron chi connectivity index (χ0n) is 7.40. The molecule has 0 saturated carbocycles. The summed E-state index contributed by atoms with van der Waals surface area (Å²) in [4.78, 5) is 0. The van der Waals surface area contributed by atoms with E-state index in [9.17, 15) is 0 Å². The van der Waals surface area contributed by atoms with E-state index in [1.807, 2.05) is 0 Å². The van der Waals surface area contributed by atoms with Crippen molar-refractivity contribution in [2.45, 2.75) is 19.3 Å². The highest BCUT2D eigenvalue weighted by Crippen LogP contribution is 2.26. The Balaban J connectivity index is 1.89. The van der Waals surface area contributed by atoms with Crippen molar-refractivity contribution in [3.8, 4) is 0 Å². The van der Waals surface area contributed by atoms with Gasteiger partial charge in [0, 0.05) is 6.42 Å². The molecule has 0 atom stereocenters. The lowest BCUT2D eigenvalue weighted by Gasteiger charge is -2.19. The van der Waals surface area contributed by atoms with Crippen LogP contribution in [0.3, 0.4) is 0 Å². The molecule has 0 unspecified atom stereocenters. The third-order valence-electron chi connectivity index (χ3n) is 2.29. The number of nitrogens with zero attached hydrogens (tertiary/aromatic N) is 2. The number of hydrogen-bond acceptors (Lipinski definition) is 5. The molecule has 2 N–H and O–H groups in total. The molecule has 72 valence electrons. The molecule has 1 saturated heterocycles. The second-order valence-electron chi connectivity index (χ2n) is 3.29. The first kappa shape index (κ1) is 9.27. The average molecular weight is 215 g/mol. The van der Waals surface area contributed by atoms with Gasteiger partial charge in [-0.25, -0.2) is 0 Å². The normalized spacial score (nSPS) is 19.1. The fourth-order valence-electron chi connectivity index (χ4n) is 1.55. The van der Waals surface area contributed by atoms with Gasteiger partial charge in [-0.1, -0.05) is 11.3 Å². The van der Waals surface area contributed by atoms with Gasteiger partial charge in [-0.3, -0.25) is 0 Å². The number of rotatable bonds is 2. The van der Waals surface area contributed by atoms with Crippen molar-refractivity contribution in [2.24, 2.45) is 5.92 Å². The molecular formula is C8H13N3S2. The van der Waals surface area contributed by atoms with Gasteiger partial charge in [0.1, 0.15) is 5.01 Å². The van der Waals surface area contributed by atoms with E-state index in [4.69, 9.17) is 5.73 Å². The molecule has 1 aliphatic heterocycles. The van der Waals surface area contributed by atoms with E-state index in [1.54, 1.807) is 0 Å². The highest BCUT2D eigenvalue weighted by molar-refractivity contribution is 7.99. The molecular weight excluding hydrogens is 202 g/mol. The van der Waals surface area contributed by atoms with Crippen molar-refractivity contribution in [3.05, 3.63) is 5.01 Å². The van der Waals surface area contributed by atoms with Crippen LogP contribution in [-0.2, 0) is 6.42 Å². The maximum atomic E-state index is 5.52. The summed E-state index contributed by atoms with van der Waals surface area (Å²) in [6.07, 6.45) is 3.73. The minimum atomic E-state index is 0.597. The van der Waals surface area contributed by atoms with Crippen LogP contribution in [0.25, 0.3) is 0 Å². The summed E-state index contributed by atoms with van der Waals surface area (Å²) in [5, 5.41) is 9.57. The summed E-state index contributed by atoms with van der Waals surface area (Å²) in [5.74, 6) is 3.42. The van der Waals surface area contributed by atoms with Crippen molar-refractivity contribution in [3.63, 3.8) is 0 Å². The predicted octanol–water partition coefficient (Wildman–Crippen LogP) is 1.81. The quantitative estimate of drug-likeness (QED) is 0.817. The van der Waals surface area contributed by atoms with E-state index in [0.29, 0.717) is 5.13 Å². The molecule has 2 rings (SSSR count). The van der Waals surface area contributed by atoms with Crippen LogP contribution in [0.1, 0.15) is 17.8 Å². The Morgan fingerprint density at radius 3 is 2.69 bits per heavy atom. The van der Waals surface area contributed by atoms with Crippen LogP contribution >= 0.6 is 23.1 Å². The molecule has 1 aromatic heterocycles. The standard InChI is InChI=1S/C8H13N3S2/c9-8-11-10-7(13-8)5-6-1-3-12-4-2-6/h6H,1-5H2,(H2,9,11). The van der Waals surface area contributed by atoms with Crippen molar-refractivity contribution in [1.29, 1.82) is 0 Å². The molecule has 0 bridgehead atoms. The zero-order valence-corrected chi connectivity index (χ0v) is 9.03. The van der Waals surface area contributed by atoms with E-state index < -0.39 is 0 Å². The molecule has 5 heteroatoms. The van der Waals surface area contributed by atoms with Crippen molar-refractivity contribution in [1.82, 2.24) is 10.2 Å². The number of nitrogens with two attached hydrogens (primary N) is 1. The first-order valence-corrected chi connectivity index (χ1v) is 6.47. The Morgan fingerprint density at radius 1 is 1.31 bits per heavy atom. The van der Waals surface area contributed by atoms with Crippen LogP contribution < -0.4 is 5.73 Å². The van der Waals surface area contributed by atoms with E-state index in [-0.39, 0.29) is 0 Å². The van der Waals surface area contributed by atoms with Gasteiger partial charge in [-0.05, 0) is 30.3 Å². The first-order chi connectivity index (χ1) is 6.34. The molecule has 13 heavy (non-hydrogen) atoms. The molecule has 0 aliphatic carbocycles. The SMILES string of the molecule is Nc1nnc(CC2CCSCC2)s1. The number of thioether (sulfide) groups is 1. The fraction of sp³-hybridized carbons (Fsp3) is 0.750. The van der Waals surface area contributed by atoms with Gasteiger partial charge in [0.2, 0.25) is 5.13 Å². The van der Waals surface area contributed by atoms with Gasteiger partial charge < -0.3 is 5.73 Å². The van der Waals surface area contributed by atoms with Crippen LogP contribution in [0.2, 0.25) is 0 Å². The highest BCUT2D eigenvalue weighted by atomic mass is 32.2. The smallest absolute Gasteiger partial charge is 0.203 e. The van der Waals surface area contributed by atoms with E-state index in [1.165, 1.54) is 35.7 Å². The Morgan fingerprint density at radius 2 is 2.08 bits per heavy atom. The lowest BCUT2D eigenvalue weighted by Crippen LogP contribution is -2.11. The predicted molar refractivity (Wildman–Crippen MR) is 58.1 cm³/mol. The Kier molecular flexibility index (Phi) is 3.05. The Hall–Kier alpha value is -0.290. The minimum absolute atomic E-state index is 0.597. The number of hydrogen-bond donors (Lipinski definition) is 1. The number of nitrogen functional groups attached to an aromatic ring is 1. The molecule has 0 spiro atoms. The van der Waals surface area contributed by atoms with E-state index in [0.717, 1.165) is 17.3 Å². The summed E-state index contributed by atoms with van der Waals surface area (Å²) in [7, 11) is 0. The van der Waals surface area contributed by atoms with Crippen molar-refractivity contribution < 1.29 is 0 Å². The second kappa shape index (κ2) is 4.28. The number of anilines is 1. The van der Waals surface area contributed by atoms with Crippen molar-refractivity contribution >= 4 is 28.2 Å². The van der Waals surface area contributed by atoms with Crippen LogP contribution in [0.5, 0.6) is 0 Å². The topological polar surface area (TPSA) is 51.8 Å². The van der Waals surface area contributed by atoms with Crippen LogP contribution in [0.15, 0.2) is 0 Å². The Labute approximate surface area is 86.1 Å². The molecule has 0 aromatic carbocycles. The largest absolute Gasteiger partial charge is 0.374 e. The number of aromatic nitrogens is 2. The summed E-state index contributed by atoms with van der Waals surface area (Å²) in [5.41, 5.74) is 5.52. The molecule has 1 aromatic rings. The van der Waals surface area contributed by atoms with Gasteiger partial charge >= 0.3 is 0 Å². The first-order valence-electron chi connectivity index (χ1n) is 4.50. The minimum Gasteiger partial charge on any atom is -0.374 e. The molecule has 0 amide bonds. The maximum Gasteiger partial charge on any atom is 0.203 e. The Bertz CT molecular complexity index is 268.